The summed E-state index contributed by atoms with van der Waals surface area (Å²) in [5, 5.41) is 6.94. The fourth-order valence-corrected chi connectivity index (χ4v) is 1.97. The number of pyridine rings is 1. The smallest absolute Gasteiger partial charge is 0.131 e. The first kappa shape index (κ1) is 15.0. The lowest BCUT2D eigenvalue weighted by Gasteiger charge is -2.18. The third kappa shape index (κ3) is 4.65. The summed E-state index contributed by atoms with van der Waals surface area (Å²) >= 11 is 0. The molecule has 1 heterocycles. The molecule has 0 aromatic carbocycles. The third-order valence-electron chi connectivity index (χ3n) is 2.76. The lowest BCUT2D eigenvalue weighted by atomic mass is 10.1. The van der Waals surface area contributed by atoms with E-state index in [1.807, 2.05) is 6.92 Å². The molecule has 0 amide bonds. The Hall–Kier alpha value is -1.09. The minimum Gasteiger partial charge on any atom is -0.368 e. The van der Waals surface area contributed by atoms with Crippen LogP contribution in [-0.4, -0.2) is 17.6 Å². The van der Waals surface area contributed by atoms with Crippen molar-refractivity contribution in [2.45, 2.75) is 54.1 Å². The van der Waals surface area contributed by atoms with Crippen LogP contribution in [0.4, 0.5) is 5.82 Å². The molecule has 102 valence electrons. The van der Waals surface area contributed by atoms with Crippen LogP contribution in [0.2, 0.25) is 0 Å². The van der Waals surface area contributed by atoms with Crippen molar-refractivity contribution in [3.8, 4) is 0 Å². The highest BCUT2D eigenvalue weighted by molar-refractivity contribution is 5.49. The SMILES string of the molecule is Cc1cc(C)c(CNCC(C)C)c(NC(C)C)n1. The normalized spacial score (nSPS) is 11.3. The predicted molar refractivity (Wildman–Crippen MR) is 79.0 cm³/mol. The molecule has 1 aromatic rings. The molecule has 0 aliphatic heterocycles. The van der Waals surface area contributed by atoms with Gasteiger partial charge >= 0.3 is 0 Å². The van der Waals surface area contributed by atoms with E-state index in [1.165, 1.54) is 11.1 Å². The van der Waals surface area contributed by atoms with Gasteiger partial charge in [0.15, 0.2) is 0 Å². The van der Waals surface area contributed by atoms with Crippen LogP contribution < -0.4 is 10.6 Å². The van der Waals surface area contributed by atoms with Crippen LogP contribution in [0.1, 0.15) is 44.5 Å². The highest BCUT2D eigenvalue weighted by Crippen LogP contribution is 2.19. The van der Waals surface area contributed by atoms with Crippen molar-refractivity contribution in [2.24, 2.45) is 5.92 Å². The van der Waals surface area contributed by atoms with E-state index >= 15 is 0 Å². The van der Waals surface area contributed by atoms with Crippen molar-refractivity contribution in [3.05, 3.63) is 22.9 Å². The third-order valence-corrected chi connectivity index (χ3v) is 2.76. The van der Waals surface area contributed by atoms with Crippen molar-refractivity contribution in [1.29, 1.82) is 0 Å². The molecule has 0 saturated carbocycles. The second-order valence-corrected chi connectivity index (χ2v) is 5.73. The van der Waals surface area contributed by atoms with Gasteiger partial charge in [0.2, 0.25) is 0 Å². The van der Waals surface area contributed by atoms with Gasteiger partial charge in [-0.25, -0.2) is 4.98 Å². The van der Waals surface area contributed by atoms with Gasteiger partial charge in [-0.15, -0.1) is 0 Å². The first-order valence-electron chi connectivity index (χ1n) is 6.84. The topological polar surface area (TPSA) is 37.0 Å². The first-order valence-corrected chi connectivity index (χ1v) is 6.84. The van der Waals surface area contributed by atoms with E-state index in [-0.39, 0.29) is 0 Å². The van der Waals surface area contributed by atoms with Crippen LogP contribution in [0.25, 0.3) is 0 Å². The van der Waals surface area contributed by atoms with Gasteiger partial charge in [-0.2, -0.15) is 0 Å². The Morgan fingerprint density at radius 3 is 2.39 bits per heavy atom. The average Bonchev–Trinajstić information content (AvgIpc) is 2.20. The molecule has 1 aromatic heterocycles. The zero-order valence-corrected chi connectivity index (χ0v) is 12.6. The Labute approximate surface area is 111 Å². The minimum absolute atomic E-state index is 0.405. The van der Waals surface area contributed by atoms with Crippen LogP contribution >= 0.6 is 0 Å². The van der Waals surface area contributed by atoms with Crippen LogP contribution in [0.15, 0.2) is 6.07 Å². The molecule has 0 aliphatic carbocycles. The number of hydrogen-bond acceptors (Lipinski definition) is 3. The second-order valence-electron chi connectivity index (χ2n) is 5.73. The van der Waals surface area contributed by atoms with E-state index in [1.54, 1.807) is 0 Å². The zero-order chi connectivity index (χ0) is 13.7. The van der Waals surface area contributed by atoms with Crippen LogP contribution in [0, 0.1) is 19.8 Å². The Bertz CT molecular complexity index is 384. The van der Waals surface area contributed by atoms with E-state index in [4.69, 9.17) is 0 Å². The summed E-state index contributed by atoms with van der Waals surface area (Å²) in [5.41, 5.74) is 3.67. The molecule has 18 heavy (non-hydrogen) atoms. The van der Waals surface area contributed by atoms with Gasteiger partial charge in [0.1, 0.15) is 5.82 Å². The molecule has 0 radical (unpaired) electrons. The lowest BCUT2D eigenvalue weighted by Crippen LogP contribution is -2.22. The van der Waals surface area contributed by atoms with E-state index in [0.717, 1.165) is 24.6 Å². The average molecular weight is 249 g/mol. The number of rotatable bonds is 6. The molecule has 0 fully saturated rings. The van der Waals surface area contributed by atoms with Gasteiger partial charge in [-0.05, 0) is 51.8 Å². The highest BCUT2D eigenvalue weighted by Gasteiger charge is 2.09. The molecule has 0 aliphatic rings. The maximum absolute atomic E-state index is 4.62. The zero-order valence-electron chi connectivity index (χ0n) is 12.6. The number of anilines is 1. The molecule has 3 nitrogen and oxygen atoms in total. The quantitative estimate of drug-likeness (QED) is 0.812. The highest BCUT2D eigenvalue weighted by atomic mass is 15.0. The molecule has 1 rings (SSSR count). The van der Waals surface area contributed by atoms with Gasteiger partial charge in [0.25, 0.3) is 0 Å². The fraction of sp³-hybridized carbons (Fsp3) is 0.667. The van der Waals surface area contributed by atoms with Crippen molar-refractivity contribution in [2.75, 3.05) is 11.9 Å². The Morgan fingerprint density at radius 1 is 1.17 bits per heavy atom. The summed E-state index contributed by atoms with van der Waals surface area (Å²) in [5.74, 6) is 1.70. The van der Waals surface area contributed by atoms with Crippen molar-refractivity contribution >= 4 is 5.82 Å². The van der Waals surface area contributed by atoms with Crippen molar-refractivity contribution in [3.63, 3.8) is 0 Å². The number of hydrogen-bond donors (Lipinski definition) is 2. The summed E-state index contributed by atoms with van der Waals surface area (Å²) < 4.78 is 0. The van der Waals surface area contributed by atoms with Crippen LogP contribution in [0.3, 0.4) is 0 Å². The molecular formula is C15H27N3. The Morgan fingerprint density at radius 2 is 1.83 bits per heavy atom. The predicted octanol–water partition coefficient (Wildman–Crippen LogP) is 3.26. The molecule has 0 unspecified atom stereocenters. The number of aryl methyl sites for hydroxylation is 2. The molecule has 2 N–H and O–H groups in total. The van der Waals surface area contributed by atoms with Crippen molar-refractivity contribution in [1.82, 2.24) is 10.3 Å². The van der Waals surface area contributed by atoms with E-state index in [2.05, 4.69) is 56.3 Å². The molecule has 0 bridgehead atoms. The molecule has 3 heteroatoms. The van der Waals surface area contributed by atoms with E-state index < -0.39 is 0 Å². The summed E-state index contributed by atoms with van der Waals surface area (Å²) in [7, 11) is 0. The summed E-state index contributed by atoms with van der Waals surface area (Å²) in [6.07, 6.45) is 0. The Kier molecular flexibility index (Phi) is 5.60. The second kappa shape index (κ2) is 6.74. The number of aromatic nitrogens is 1. The largest absolute Gasteiger partial charge is 0.368 e. The summed E-state index contributed by atoms with van der Waals surface area (Å²) in [6.45, 7) is 14.9. The number of nitrogens with zero attached hydrogens (tertiary/aromatic N) is 1. The van der Waals surface area contributed by atoms with Gasteiger partial charge in [0, 0.05) is 23.8 Å². The number of nitrogens with one attached hydrogen (secondary N) is 2. The maximum atomic E-state index is 4.62. The monoisotopic (exact) mass is 249 g/mol. The maximum Gasteiger partial charge on any atom is 0.131 e. The molecule has 0 spiro atoms. The van der Waals surface area contributed by atoms with Gasteiger partial charge in [0.05, 0.1) is 0 Å². The summed E-state index contributed by atoms with van der Waals surface area (Å²) in [4.78, 5) is 4.62. The fourth-order valence-electron chi connectivity index (χ4n) is 1.97. The Balaban J connectivity index is 2.85. The van der Waals surface area contributed by atoms with E-state index in [9.17, 15) is 0 Å². The van der Waals surface area contributed by atoms with Gasteiger partial charge < -0.3 is 10.6 Å². The van der Waals surface area contributed by atoms with Gasteiger partial charge in [-0.1, -0.05) is 13.8 Å². The molecular weight excluding hydrogens is 222 g/mol. The van der Waals surface area contributed by atoms with Crippen molar-refractivity contribution < 1.29 is 0 Å². The standard InChI is InChI=1S/C15H27N3/c1-10(2)8-16-9-14-12(5)7-13(6)18-15(14)17-11(3)4/h7,10-11,16H,8-9H2,1-6H3,(H,17,18). The van der Waals surface area contributed by atoms with E-state index in [0.29, 0.717) is 12.0 Å². The summed E-state index contributed by atoms with van der Waals surface area (Å²) in [6, 6.07) is 2.56. The van der Waals surface area contributed by atoms with Crippen LogP contribution in [-0.2, 0) is 6.54 Å². The van der Waals surface area contributed by atoms with Crippen LogP contribution in [0.5, 0.6) is 0 Å². The molecule has 0 saturated heterocycles. The lowest BCUT2D eigenvalue weighted by molar-refractivity contribution is 0.551. The first-order chi connectivity index (χ1) is 8.40. The minimum atomic E-state index is 0.405. The molecule has 0 atom stereocenters. The van der Waals surface area contributed by atoms with Gasteiger partial charge in [-0.3, -0.25) is 0 Å².